The predicted octanol–water partition coefficient (Wildman–Crippen LogP) is 4.01. The van der Waals surface area contributed by atoms with Crippen LogP contribution in [-0.4, -0.2) is 34.8 Å². The smallest absolute Gasteiger partial charge is 0.407 e. The van der Waals surface area contributed by atoms with Crippen LogP contribution < -0.4 is 16.4 Å². The van der Waals surface area contributed by atoms with E-state index >= 15 is 0 Å². The Morgan fingerprint density at radius 1 is 1.26 bits per heavy atom. The maximum absolute atomic E-state index is 11.6. The highest BCUT2D eigenvalue weighted by Gasteiger charge is 2.15. The number of benzene rings is 1. The number of halogens is 1. The highest BCUT2D eigenvalue weighted by Crippen LogP contribution is 2.28. The highest BCUT2D eigenvalue weighted by atomic mass is 35.5. The fourth-order valence-corrected chi connectivity index (χ4v) is 2.56. The second-order valence-electron chi connectivity index (χ2n) is 7.12. The summed E-state index contributed by atoms with van der Waals surface area (Å²) >= 11 is 6.19. The molecule has 0 saturated heterocycles. The van der Waals surface area contributed by atoms with Crippen LogP contribution in [0.1, 0.15) is 32.8 Å². The van der Waals surface area contributed by atoms with Crippen LogP contribution in [-0.2, 0) is 4.74 Å². The Morgan fingerprint density at radius 2 is 2.00 bits per heavy atom. The molecule has 0 saturated carbocycles. The number of nitrogens with one attached hydrogen (secondary N) is 2. The van der Waals surface area contributed by atoms with E-state index in [9.17, 15) is 4.79 Å². The van der Waals surface area contributed by atoms with Crippen LogP contribution in [0.15, 0.2) is 24.3 Å². The maximum atomic E-state index is 11.6. The van der Waals surface area contributed by atoms with E-state index in [0.29, 0.717) is 36.0 Å². The minimum atomic E-state index is -0.504. The quantitative estimate of drug-likeness (QED) is 0.643. The fourth-order valence-electron chi connectivity index (χ4n) is 2.39. The molecule has 0 unspecified atom stereocenters. The van der Waals surface area contributed by atoms with Gasteiger partial charge >= 0.3 is 6.09 Å². The number of anilines is 2. The Kier molecular flexibility index (Phi) is 6.85. The number of ether oxygens (including phenoxy) is 1. The molecule has 1 amide bonds. The monoisotopic (exact) mass is 391 g/mol. The zero-order chi connectivity index (χ0) is 20.0. The van der Waals surface area contributed by atoms with Gasteiger partial charge in [-0.3, -0.25) is 0 Å². The van der Waals surface area contributed by atoms with Crippen molar-refractivity contribution in [3.8, 4) is 11.3 Å². The average molecular weight is 392 g/mol. The molecule has 0 bridgehead atoms. The van der Waals surface area contributed by atoms with Crippen LogP contribution in [0.4, 0.5) is 16.6 Å². The minimum Gasteiger partial charge on any atom is -0.444 e. The largest absolute Gasteiger partial charge is 0.444 e. The molecule has 0 aliphatic carbocycles. The molecule has 1 aromatic carbocycles. The van der Waals surface area contributed by atoms with Gasteiger partial charge in [-0.05, 0) is 45.7 Å². The third-order valence-corrected chi connectivity index (χ3v) is 4.02. The van der Waals surface area contributed by atoms with Gasteiger partial charge in [-0.2, -0.15) is 4.98 Å². The molecule has 4 N–H and O–H groups in total. The minimum absolute atomic E-state index is 0.182. The molecule has 0 radical (unpaired) electrons. The lowest BCUT2D eigenvalue weighted by molar-refractivity contribution is 0.0528. The Bertz CT molecular complexity index is 805. The Morgan fingerprint density at radius 3 is 2.70 bits per heavy atom. The van der Waals surface area contributed by atoms with Crippen LogP contribution in [0, 0.1) is 6.92 Å². The third-order valence-electron chi connectivity index (χ3n) is 3.61. The van der Waals surface area contributed by atoms with Gasteiger partial charge in [0.1, 0.15) is 11.4 Å². The van der Waals surface area contributed by atoms with Crippen molar-refractivity contribution in [2.24, 2.45) is 0 Å². The molecule has 0 fully saturated rings. The van der Waals surface area contributed by atoms with Crippen molar-refractivity contribution in [2.45, 2.75) is 39.7 Å². The van der Waals surface area contributed by atoms with Crippen LogP contribution in [0.3, 0.4) is 0 Å². The number of carbonyl (C=O) groups is 1. The standard InChI is InChI=1S/C19H26ClN5O2/c1-12-13(7-5-8-14(12)20)15-11-16(25-17(21)24-15)22-9-6-10-23-18(26)27-19(2,3)4/h5,7-8,11H,6,9-10H2,1-4H3,(H,23,26)(H3,21,22,24,25). The van der Waals surface area contributed by atoms with Crippen molar-refractivity contribution in [3.05, 3.63) is 34.9 Å². The number of nitrogen functional groups attached to an aromatic ring is 1. The first-order valence-corrected chi connectivity index (χ1v) is 9.14. The molecule has 1 aromatic heterocycles. The highest BCUT2D eigenvalue weighted by molar-refractivity contribution is 6.31. The van der Waals surface area contributed by atoms with Crippen LogP contribution in [0.5, 0.6) is 0 Å². The van der Waals surface area contributed by atoms with Gasteiger partial charge in [0, 0.05) is 29.7 Å². The number of hydrogen-bond donors (Lipinski definition) is 3. The summed E-state index contributed by atoms with van der Waals surface area (Å²) in [6, 6.07) is 7.48. The topological polar surface area (TPSA) is 102 Å². The van der Waals surface area contributed by atoms with Gasteiger partial charge in [-0.25, -0.2) is 9.78 Å². The SMILES string of the molecule is Cc1c(Cl)cccc1-c1cc(NCCCNC(=O)OC(C)(C)C)nc(N)n1. The number of nitrogens with zero attached hydrogens (tertiary/aromatic N) is 2. The zero-order valence-corrected chi connectivity index (χ0v) is 16.9. The molecular formula is C19H26ClN5O2. The summed E-state index contributed by atoms with van der Waals surface area (Å²) in [5.74, 6) is 0.801. The lowest BCUT2D eigenvalue weighted by Crippen LogP contribution is -2.33. The predicted molar refractivity (Wildman–Crippen MR) is 109 cm³/mol. The van der Waals surface area contributed by atoms with Crippen molar-refractivity contribution in [1.82, 2.24) is 15.3 Å². The van der Waals surface area contributed by atoms with Crippen LogP contribution in [0.25, 0.3) is 11.3 Å². The van der Waals surface area contributed by atoms with E-state index in [1.54, 1.807) is 0 Å². The first kappa shape index (κ1) is 20.8. The number of alkyl carbamates (subject to hydrolysis) is 1. The van der Waals surface area contributed by atoms with E-state index < -0.39 is 11.7 Å². The molecule has 2 rings (SSSR count). The van der Waals surface area contributed by atoms with E-state index in [1.807, 2.05) is 52.0 Å². The fraction of sp³-hybridized carbons (Fsp3) is 0.421. The second kappa shape index (κ2) is 8.90. The molecule has 7 nitrogen and oxygen atoms in total. The van der Waals surface area contributed by atoms with Gasteiger partial charge in [-0.15, -0.1) is 0 Å². The number of nitrogens with two attached hydrogens (primary N) is 1. The molecule has 0 spiro atoms. The number of rotatable bonds is 6. The van der Waals surface area contributed by atoms with Gasteiger partial charge < -0.3 is 21.1 Å². The summed E-state index contributed by atoms with van der Waals surface area (Å²) in [6.07, 6.45) is 0.279. The zero-order valence-electron chi connectivity index (χ0n) is 16.1. The number of amides is 1. The summed E-state index contributed by atoms with van der Waals surface area (Å²) < 4.78 is 5.19. The summed E-state index contributed by atoms with van der Waals surface area (Å²) in [6.45, 7) is 8.51. The molecule has 1 heterocycles. The van der Waals surface area contributed by atoms with Gasteiger partial charge in [0.25, 0.3) is 0 Å². The maximum Gasteiger partial charge on any atom is 0.407 e. The molecule has 0 aliphatic rings. The van der Waals surface area contributed by atoms with E-state index in [1.165, 1.54) is 0 Å². The molecule has 8 heteroatoms. The average Bonchev–Trinajstić information content (AvgIpc) is 2.55. The van der Waals surface area contributed by atoms with Crippen molar-refractivity contribution >= 4 is 29.5 Å². The van der Waals surface area contributed by atoms with Gasteiger partial charge in [0.15, 0.2) is 0 Å². The van der Waals surface area contributed by atoms with Crippen molar-refractivity contribution < 1.29 is 9.53 Å². The number of hydrogen-bond acceptors (Lipinski definition) is 6. The summed E-state index contributed by atoms with van der Waals surface area (Å²) in [5, 5.41) is 6.58. The summed E-state index contributed by atoms with van der Waals surface area (Å²) in [4.78, 5) is 20.1. The molecule has 0 aliphatic heterocycles. The number of carbonyl (C=O) groups excluding carboxylic acids is 1. The third kappa shape index (κ3) is 6.60. The van der Waals surface area contributed by atoms with Crippen molar-refractivity contribution in [1.29, 1.82) is 0 Å². The normalized spacial score (nSPS) is 11.1. The Balaban J connectivity index is 1.92. The summed E-state index contributed by atoms with van der Waals surface area (Å²) in [7, 11) is 0. The van der Waals surface area contributed by atoms with Crippen molar-refractivity contribution in [2.75, 3.05) is 24.1 Å². The van der Waals surface area contributed by atoms with E-state index in [2.05, 4.69) is 20.6 Å². The molecule has 0 atom stereocenters. The van der Waals surface area contributed by atoms with Gasteiger partial charge in [-0.1, -0.05) is 23.7 Å². The molecule has 146 valence electrons. The first-order valence-electron chi connectivity index (χ1n) is 8.76. The number of aromatic nitrogens is 2. The van der Waals surface area contributed by atoms with Gasteiger partial charge in [0.05, 0.1) is 5.69 Å². The van der Waals surface area contributed by atoms with E-state index in [4.69, 9.17) is 22.1 Å². The van der Waals surface area contributed by atoms with Crippen molar-refractivity contribution in [3.63, 3.8) is 0 Å². The van der Waals surface area contributed by atoms with E-state index in [-0.39, 0.29) is 5.95 Å². The van der Waals surface area contributed by atoms with E-state index in [0.717, 1.165) is 11.1 Å². The lowest BCUT2D eigenvalue weighted by atomic mass is 10.1. The summed E-state index contributed by atoms with van der Waals surface area (Å²) in [5.41, 5.74) is 7.89. The molecule has 27 heavy (non-hydrogen) atoms. The molecule has 2 aromatic rings. The lowest BCUT2D eigenvalue weighted by Gasteiger charge is -2.19. The Hall–Kier alpha value is -2.54. The van der Waals surface area contributed by atoms with Gasteiger partial charge in [0.2, 0.25) is 5.95 Å². The Labute approximate surface area is 164 Å². The second-order valence-corrected chi connectivity index (χ2v) is 7.53. The molecular weight excluding hydrogens is 366 g/mol. The van der Waals surface area contributed by atoms with Crippen LogP contribution in [0.2, 0.25) is 5.02 Å². The van der Waals surface area contributed by atoms with Crippen LogP contribution >= 0.6 is 11.6 Å². The first-order chi connectivity index (χ1) is 12.7.